The van der Waals surface area contributed by atoms with Crippen LogP contribution < -0.4 is 10.9 Å². The van der Waals surface area contributed by atoms with Crippen LogP contribution in [0, 0.1) is 0 Å². The zero-order valence-corrected chi connectivity index (χ0v) is 11.0. The van der Waals surface area contributed by atoms with Crippen LogP contribution in [-0.4, -0.2) is 4.98 Å². The van der Waals surface area contributed by atoms with Crippen molar-refractivity contribution in [1.29, 1.82) is 0 Å². The van der Waals surface area contributed by atoms with Crippen LogP contribution in [0.4, 0.5) is 6.01 Å². The Kier molecular flexibility index (Phi) is 3.87. The lowest BCUT2D eigenvalue weighted by molar-refractivity contribution is 0.520. The quantitative estimate of drug-likeness (QED) is 0.663. The number of aromatic nitrogens is 1. The minimum atomic E-state index is -0.467. The summed E-state index contributed by atoms with van der Waals surface area (Å²) in [7, 11) is 0. The van der Waals surface area contributed by atoms with Gasteiger partial charge in [-0.3, -0.25) is 0 Å². The van der Waals surface area contributed by atoms with E-state index in [2.05, 4.69) is 36.1 Å². The zero-order chi connectivity index (χ0) is 13.8. The summed E-state index contributed by atoms with van der Waals surface area (Å²) in [5.41, 5.74) is 0.708. The average Bonchev–Trinajstić information content (AvgIpc) is 2.39. The molecule has 1 aromatic carbocycles. The van der Waals surface area contributed by atoms with Crippen molar-refractivity contribution in [2.45, 2.75) is 4.90 Å². The second-order valence-electron chi connectivity index (χ2n) is 3.69. The Balaban J connectivity index is 2.49. The molecule has 0 aliphatic heterocycles. The van der Waals surface area contributed by atoms with E-state index in [9.17, 15) is 4.79 Å². The Morgan fingerprint density at radius 2 is 2.21 bits per heavy atom. The van der Waals surface area contributed by atoms with Gasteiger partial charge in [-0.15, -0.1) is 12.6 Å². The van der Waals surface area contributed by atoms with Crippen LogP contribution in [0.1, 0.15) is 0 Å². The minimum absolute atomic E-state index is 0.109. The van der Waals surface area contributed by atoms with Crippen LogP contribution in [0.3, 0.4) is 0 Å². The first kappa shape index (κ1) is 13.2. The smallest absolute Gasteiger partial charge is 0.348 e. The maximum absolute atomic E-state index is 11.8. The van der Waals surface area contributed by atoms with E-state index in [0.29, 0.717) is 21.5 Å². The van der Waals surface area contributed by atoms with Crippen molar-refractivity contribution in [1.82, 2.24) is 4.98 Å². The third kappa shape index (κ3) is 2.95. The van der Waals surface area contributed by atoms with Gasteiger partial charge in [0, 0.05) is 10.6 Å². The highest BCUT2D eigenvalue weighted by Crippen LogP contribution is 2.16. The second-order valence-corrected chi connectivity index (χ2v) is 4.21. The number of hydrogen-bond acceptors (Lipinski definition) is 5. The normalized spacial score (nSPS) is 11.3. The van der Waals surface area contributed by atoms with Gasteiger partial charge in [0.25, 0.3) is 0 Å². The van der Waals surface area contributed by atoms with E-state index in [1.807, 2.05) is 0 Å². The number of anilines is 1. The predicted octanol–water partition coefficient (Wildman–Crippen LogP) is 3.14. The molecule has 2 rings (SSSR count). The molecule has 0 aliphatic rings. The molecule has 96 valence electrons. The third-order valence-electron chi connectivity index (χ3n) is 2.38. The van der Waals surface area contributed by atoms with Crippen molar-refractivity contribution in [3.8, 4) is 0 Å². The predicted molar refractivity (Wildman–Crippen MR) is 79.6 cm³/mol. The van der Waals surface area contributed by atoms with Crippen LogP contribution in [0.15, 0.2) is 69.4 Å². The Hall–Kier alpha value is -2.27. The van der Waals surface area contributed by atoms with E-state index < -0.39 is 5.63 Å². The van der Waals surface area contributed by atoms with Gasteiger partial charge in [-0.1, -0.05) is 19.2 Å². The SMILES string of the molecule is C=C/C=C(\C=C)Nc1nc2ccc(S)cc2c(=O)o1. The topological polar surface area (TPSA) is 55.1 Å². The summed E-state index contributed by atoms with van der Waals surface area (Å²) in [6, 6.07) is 5.20. The van der Waals surface area contributed by atoms with E-state index in [1.54, 1.807) is 36.4 Å². The van der Waals surface area contributed by atoms with E-state index >= 15 is 0 Å². The lowest BCUT2D eigenvalue weighted by Crippen LogP contribution is -2.07. The van der Waals surface area contributed by atoms with Gasteiger partial charge in [0.15, 0.2) is 0 Å². The molecule has 1 N–H and O–H groups in total. The molecule has 19 heavy (non-hydrogen) atoms. The van der Waals surface area contributed by atoms with E-state index in [1.165, 1.54) is 0 Å². The van der Waals surface area contributed by atoms with Gasteiger partial charge < -0.3 is 9.73 Å². The molecule has 0 unspecified atom stereocenters. The molecule has 0 atom stereocenters. The molecule has 0 saturated carbocycles. The molecular formula is C14H12N2O2S. The fraction of sp³-hybridized carbons (Fsp3) is 0. The number of rotatable bonds is 4. The van der Waals surface area contributed by atoms with Gasteiger partial charge in [0.1, 0.15) is 0 Å². The number of fused-ring (bicyclic) bond motifs is 1. The standard InChI is InChI=1S/C14H12N2O2S/c1-3-5-9(4-2)15-14-16-12-7-6-10(19)8-11(12)13(17)18-14/h3-8,19H,1-2H2,(H,15,16)/b9-5+. The van der Waals surface area contributed by atoms with Gasteiger partial charge in [-0.25, -0.2) is 4.79 Å². The second kappa shape index (κ2) is 5.58. The van der Waals surface area contributed by atoms with Crippen LogP contribution in [0.2, 0.25) is 0 Å². The summed E-state index contributed by atoms with van der Waals surface area (Å²) in [5.74, 6) is 0. The molecule has 0 aliphatic carbocycles. The first-order chi connectivity index (χ1) is 9.13. The Labute approximate surface area is 115 Å². The number of hydrogen-bond donors (Lipinski definition) is 2. The van der Waals surface area contributed by atoms with E-state index in [4.69, 9.17) is 4.42 Å². The maximum Gasteiger partial charge on any atom is 0.348 e. The van der Waals surface area contributed by atoms with Crippen molar-refractivity contribution in [3.63, 3.8) is 0 Å². The summed E-state index contributed by atoms with van der Waals surface area (Å²) in [5, 5.41) is 3.25. The number of allylic oxidation sites excluding steroid dienone is 3. The molecule has 1 heterocycles. The van der Waals surface area contributed by atoms with Crippen molar-refractivity contribution < 1.29 is 4.42 Å². The van der Waals surface area contributed by atoms with Gasteiger partial charge in [-0.05, 0) is 30.4 Å². The van der Waals surface area contributed by atoms with Crippen LogP contribution in [0.5, 0.6) is 0 Å². The van der Waals surface area contributed by atoms with E-state index in [-0.39, 0.29) is 6.01 Å². The first-order valence-electron chi connectivity index (χ1n) is 5.50. The fourth-order valence-corrected chi connectivity index (χ4v) is 1.73. The average molecular weight is 272 g/mol. The van der Waals surface area contributed by atoms with Crippen LogP contribution >= 0.6 is 12.6 Å². The van der Waals surface area contributed by atoms with Crippen molar-refractivity contribution in [3.05, 3.63) is 65.7 Å². The minimum Gasteiger partial charge on any atom is -0.388 e. The van der Waals surface area contributed by atoms with Crippen molar-refractivity contribution in [2.24, 2.45) is 0 Å². The molecule has 0 spiro atoms. The van der Waals surface area contributed by atoms with Crippen LogP contribution in [0.25, 0.3) is 10.9 Å². The highest BCUT2D eigenvalue weighted by Gasteiger charge is 2.06. The largest absolute Gasteiger partial charge is 0.388 e. The zero-order valence-electron chi connectivity index (χ0n) is 10.1. The summed E-state index contributed by atoms with van der Waals surface area (Å²) in [6.07, 6.45) is 4.86. The highest BCUT2D eigenvalue weighted by atomic mass is 32.1. The molecule has 0 bridgehead atoms. The summed E-state index contributed by atoms with van der Waals surface area (Å²) in [6.45, 7) is 7.22. The van der Waals surface area contributed by atoms with Gasteiger partial charge in [-0.2, -0.15) is 4.98 Å². The van der Waals surface area contributed by atoms with Gasteiger partial charge in [0.05, 0.1) is 10.9 Å². The molecule has 1 aromatic heterocycles. The number of thiol groups is 1. The fourth-order valence-electron chi connectivity index (χ4n) is 1.52. The first-order valence-corrected chi connectivity index (χ1v) is 5.95. The Morgan fingerprint density at radius 3 is 2.89 bits per heavy atom. The molecule has 0 fully saturated rings. The monoisotopic (exact) mass is 272 g/mol. The molecule has 2 aromatic rings. The van der Waals surface area contributed by atoms with Gasteiger partial charge in [0.2, 0.25) is 0 Å². The summed E-state index contributed by atoms with van der Waals surface area (Å²) < 4.78 is 5.09. The molecule has 0 saturated heterocycles. The van der Waals surface area contributed by atoms with E-state index in [0.717, 1.165) is 0 Å². The van der Waals surface area contributed by atoms with Gasteiger partial charge >= 0.3 is 11.6 Å². The number of nitrogens with one attached hydrogen (secondary N) is 1. The van der Waals surface area contributed by atoms with Crippen molar-refractivity contribution >= 4 is 29.5 Å². The molecule has 0 amide bonds. The van der Waals surface area contributed by atoms with Crippen LogP contribution in [-0.2, 0) is 0 Å². The highest BCUT2D eigenvalue weighted by molar-refractivity contribution is 7.80. The Bertz CT molecular complexity index is 732. The molecule has 5 heteroatoms. The molecular weight excluding hydrogens is 260 g/mol. The number of nitrogens with zero attached hydrogens (tertiary/aromatic N) is 1. The molecule has 0 radical (unpaired) electrons. The third-order valence-corrected chi connectivity index (χ3v) is 2.66. The summed E-state index contributed by atoms with van der Waals surface area (Å²) in [4.78, 5) is 16.7. The lowest BCUT2D eigenvalue weighted by atomic mass is 10.2. The lowest BCUT2D eigenvalue weighted by Gasteiger charge is -2.05. The maximum atomic E-state index is 11.8. The number of benzene rings is 1. The summed E-state index contributed by atoms with van der Waals surface area (Å²) >= 11 is 4.17. The van der Waals surface area contributed by atoms with Crippen molar-refractivity contribution in [2.75, 3.05) is 5.32 Å². The Morgan fingerprint density at radius 1 is 1.42 bits per heavy atom. The molecule has 4 nitrogen and oxygen atoms in total.